The van der Waals surface area contributed by atoms with Gasteiger partial charge in [0.1, 0.15) is 24.0 Å². The summed E-state index contributed by atoms with van der Waals surface area (Å²) in [7, 11) is -8.85. The molecule has 0 radical (unpaired) electrons. The van der Waals surface area contributed by atoms with Crippen LogP contribution in [0.4, 0.5) is 11.4 Å². The summed E-state index contributed by atoms with van der Waals surface area (Å²) < 4.78 is 64.6. The lowest BCUT2D eigenvalue weighted by atomic mass is 10.2. The van der Waals surface area contributed by atoms with Crippen LogP contribution in [0.3, 0.4) is 0 Å². The fourth-order valence-corrected chi connectivity index (χ4v) is 9.80. The van der Waals surface area contributed by atoms with Gasteiger partial charge in [-0.05, 0) is 89.1 Å². The van der Waals surface area contributed by atoms with Crippen molar-refractivity contribution in [1.82, 2.24) is 26.6 Å². The number of nitrogens with two attached hydrogens (primary N) is 1. The average Bonchev–Trinajstić information content (AvgIpc) is 1.68. The van der Waals surface area contributed by atoms with E-state index in [9.17, 15) is 80.7 Å². The number of rotatable bonds is 32. The molecule has 2 aromatic carbocycles. The highest BCUT2D eigenvalue weighted by Gasteiger charge is 2.41. The predicted molar refractivity (Wildman–Crippen MR) is 387 cm³/mol. The van der Waals surface area contributed by atoms with Crippen molar-refractivity contribution >= 4 is 97.0 Å². The molecule has 4 rings (SSSR count). The van der Waals surface area contributed by atoms with Crippen molar-refractivity contribution in [3.63, 3.8) is 0 Å². The average molecular weight is 1540 g/mol. The maximum absolute atomic E-state index is 12.3. The Balaban J connectivity index is -0.000000592. The number of nitro groups is 3. The van der Waals surface area contributed by atoms with E-state index in [0.717, 1.165) is 66.0 Å². The number of benzene rings is 2. The molecular formula is C63H83N17O21S4. The van der Waals surface area contributed by atoms with E-state index in [1.807, 2.05) is 46.8 Å². The number of imide groups is 2. The van der Waals surface area contributed by atoms with Crippen LogP contribution >= 0.6 is 23.5 Å². The van der Waals surface area contributed by atoms with Gasteiger partial charge in [-0.2, -0.15) is 26.3 Å². The molecule has 0 aliphatic carbocycles. The van der Waals surface area contributed by atoms with Gasteiger partial charge in [-0.25, -0.2) is 14.6 Å². The Morgan fingerprint density at radius 2 is 0.971 bits per heavy atom. The number of carbonyl (C=O) groups excluding carboxylic acids is 7. The van der Waals surface area contributed by atoms with Gasteiger partial charge in [0.25, 0.3) is 0 Å². The molecule has 7 amide bonds. The summed E-state index contributed by atoms with van der Waals surface area (Å²) in [5, 5.41) is 83.3. The van der Waals surface area contributed by atoms with Crippen LogP contribution in [-0.4, -0.2) is 153 Å². The fraction of sp³-hybridized carbons (Fsp3) is 0.413. The van der Waals surface area contributed by atoms with Crippen molar-refractivity contribution in [2.75, 3.05) is 67.1 Å². The lowest BCUT2D eigenvalue weighted by Crippen LogP contribution is -2.31. The van der Waals surface area contributed by atoms with Gasteiger partial charge in [0.05, 0.1) is 90.2 Å². The molecule has 570 valence electrons. The second kappa shape index (κ2) is 61.9. The minimum Gasteiger partial charge on any atom is -0.391 e. The molecule has 0 saturated carbocycles. The standard InChI is InChI=1S/2C15H14N2O6S2.2C8H11N3O3.C5H10N2O3.2C5H8N2.C2H7N/c2*1-2-24-13-10-14(18)17(15(13)19)11-5-3-6-12(9-11)23-25(20,21)22-8-4-7-16;1-3-10-8(12)6-7(11(13)14)4-5-9-2;1-2-10-8(12)6-7(11(13)14)4-3-5-9;1-2-6-5(8)3-4-7(9)10;2*1-2-7-5-3-4-6;1-2-3/h2*3-6,8-9,13H,2,10H2,1H3;4-5,7H,3,6H2,1H3,(H,10,12);3-4,7H,2,6H2,1H3,(H,10,12);2-4H2,1H3,(H,6,8);2*3,5,7H,2H2,1H3;2-3H2,1H3/b2*8-4+;5-4+;4-3-;;5-3+;5-3-;. The van der Waals surface area contributed by atoms with Gasteiger partial charge in [-0.1, -0.05) is 32.9 Å². The van der Waals surface area contributed by atoms with Gasteiger partial charge < -0.3 is 49.0 Å². The van der Waals surface area contributed by atoms with Crippen LogP contribution in [0, 0.1) is 93.6 Å². The highest BCUT2D eigenvalue weighted by Crippen LogP contribution is 2.33. The van der Waals surface area contributed by atoms with Crippen LogP contribution < -0.4 is 50.5 Å². The van der Waals surface area contributed by atoms with Crippen LogP contribution in [0.5, 0.6) is 11.5 Å². The molecule has 4 atom stereocenters. The Kier molecular flexibility index (Phi) is 58.6. The highest BCUT2D eigenvalue weighted by molar-refractivity contribution is 8.00. The molecule has 38 nitrogen and oxygen atoms in total. The molecule has 2 saturated heterocycles. The molecule has 0 bridgehead atoms. The van der Waals surface area contributed by atoms with Crippen molar-refractivity contribution < 1.29 is 81.9 Å². The Bertz CT molecular complexity index is 3570. The highest BCUT2D eigenvalue weighted by atomic mass is 32.3. The van der Waals surface area contributed by atoms with Gasteiger partial charge in [-0.3, -0.25) is 63.9 Å². The second-order valence-corrected chi connectivity index (χ2v) is 24.0. The van der Waals surface area contributed by atoms with Gasteiger partial charge >= 0.3 is 20.8 Å². The lowest BCUT2D eigenvalue weighted by Gasteiger charge is -2.15. The van der Waals surface area contributed by atoms with E-state index in [0.29, 0.717) is 43.7 Å². The van der Waals surface area contributed by atoms with Crippen LogP contribution in [0.15, 0.2) is 122 Å². The number of nitrogens with one attached hydrogen (secondary N) is 5. The Morgan fingerprint density at radius 1 is 0.610 bits per heavy atom. The number of thioether (sulfide) groups is 2. The molecule has 2 fully saturated rings. The number of hydrogen-bond acceptors (Lipinski definition) is 31. The molecule has 2 aromatic rings. The summed E-state index contributed by atoms with van der Waals surface area (Å²) in [6, 6.07) is 17.3. The summed E-state index contributed by atoms with van der Waals surface area (Å²) in [6.07, 6.45) is 13.0. The van der Waals surface area contributed by atoms with Crippen LogP contribution in [-0.2, 0) is 62.7 Å². The minimum atomic E-state index is -4.42. The van der Waals surface area contributed by atoms with Crippen LogP contribution in [0.2, 0.25) is 0 Å². The zero-order valence-electron chi connectivity index (χ0n) is 58.5. The van der Waals surface area contributed by atoms with Crippen molar-refractivity contribution in [3.8, 4) is 41.8 Å². The largest absolute Gasteiger partial charge is 0.500 e. The molecule has 42 heteroatoms. The van der Waals surface area contributed by atoms with E-state index < -0.39 is 64.1 Å². The number of carbonyl (C=O) groups is 7. The molecule has 0 aromatic heterocycles. The third kappa shape index (κ3) is 50.1. The molecule has 2 aliphatic rings. The van der Waals surface area contributed by atoms with Gasteiger partial charge in [0.15, 0.2) is 6.20 Å². The molecule has 105 heavy (non-hydrogen) atoms. The van der Waals surface area contributed by atoms with Gasteiger partial charge in [0.2, 0.25) is 60.0 Å². The summed E-state index contributed by atoms with van der Waals surface area (Å²) in [5.74, 6) is -1.30. The fourth-order valence-electron chi connectivity index (χ4n) is 6.84. The van der Waals surface area contributed by atoms with Gasteiger partial charge in [-0.15, -0.1) is 40.4 Å². The molecule has 4 unspecified atom stereocenters. The van der Waals surface area contributed by atoms with E-state index in [1.54, 1.807) is 51.4 Å². The number of hydrogen-bond donors (Lipinski definition) is 6. The number of nitriles is 5. The Labute approximate surface area is 617 Å². The summed E-state index contributed by atoms with van der Waals surface area (Å²) in [5.41, 5.74) is 5.28. The van der Waals surface area contributed by atoms with Crippen molar-refractivity contribution in [1.29, 1.82) is 26.3 Å². The zero-order chi connectivity index (χ0) is 80.6. The SMILES string of the molecule is CCN.CCN/C=C/C#N.CCN/C=C\C#N.CCNC(=O)CC(/C=C\C#N)[N+](=O)[O-].CCNC(=O)CC[N+](=O)[O-].CCSC1CC(=O)N(c2cccc(OS(=O)(=O)O/C=C/C#N)c2)C1=O.CCSC1CC(=O)N(c2cccc(OS(=O)(=O)O/C=C/C#N)c2)C1=O.[C-]#[N+]/C=C/C(CC(=O)NCC)[N+](=O)[O-]. The molecular weight excluding hydrogens is 1460 g/mol. The zero-order valence-corrected chi connectivity index (χ0v) is 61.7. The first-order valence-electron chi connectivity index (χ1n) is 31.0. The smallest absolute Gasteiger partial charge is 0.391 e. The maximum atomic E-state index is 12.3. The first kappa shape index (κ1) is 99.4. The molecule has 2 heterocycles. The van der Waals surface area contributed by atoms with Crippen LogP contribution in [0.25, 0.3) is 4.85 Å². The Morgan fingerprint density at radius 3 is 1.29 bits per heavy atom. The lowest BCUT2D eigenvalue weighted by molar-refractivity contribution is -0.508. The van der Waals surface area contributed by atoms with E-state index in [2.05, 4.69) is 39.8 Å². The number of amides is 7. The topological polar surface area (TPSA) is 570 Å². The van der Waals surface area contributed by atoms with Crippen molar-refractivity contribution in [3.05, 3.63) is 164 Å². The first-order valence-corrected chi connectivity index (χ1v) is 35.7. The Hall–Kier alpha value is -11.9. The third-order valence-corrected chi connectivity index (χ3v) is 14.5. The number of nitrogens with zero attached hydrogens (tertiary/aromatic N) is 11. The van der Waals surface area contributed by atoms with Crippen LogP contribution in [0.1, 0.15) is 87.5 Å². The summed E-state index contributed by atoms with van der Waals surface area (Å²) in [6.45, 7) is 24.9. The summed E-state index contributed by atoms with van der Waals surface area (Å²) in [4.78, 5) is 115. The summed E-state index contributed by atoms with van der Waals surface area (Å²) >= 11 is 2.76. The quantitative estimate of drug-likeness (QED) is 0.0134. The number of anilines is 2. The number of allylic oxidation sites excluding steroid dienone is 5. The van der Waals surface area contributed by atoms with Crippen molar-refractivity contribution in [2.24, 2.45) is 5.73 Å². The molecule has 7 N–H and O–H groups in total. The normalized spacial score (nSPS) is 13.8. The predicted octanol–water partition coefficient (Wildman–Crippen LogP) is 5.35. The van der Waals surface area contributed by atoms with Crippen molar-refractivity contribution in [2.45, 2.75) is 110 Å². The maximum Gasteiger partial charge on any atom is 0.500 e. The van der Waals surface area contributed by atoms with E-state index in [-0.39, 0.29) is 97.0 Å². The molecule has 0 spiro atoms. The van der Waals surface area contributed by atoms with Gasteiger partial charge in [0, 0.05) is 103 Å². The third-order valence-electron chi connectivity index (χ3n) is 10.8. The monoisotopic (exact) mass is 1540 g/mol. The van der Waals surface area contributed by atoms with E-state index in [4.69, 9.17) is 47.0 Å². The second-order valence-electron chi connectivity index (χ2n) is 18.7. The minimum absolute atomic E-state index is 0.0269. The first-order chi connectivity index (χ1) is 49.9. The van der Waals surface area contributed by atoms with E-state index in [1.165, 1.54) is 84.2 Å². The van der Waals surface area contributed by atoms with E-state index >= 15 is 0 Å². The molecule has 2 aliphatic heterocycles.